The Hall–Kier alpha value is -1.55. The van der Waals surface area contributed by atoms with Crippen LogP contribution in [-0.4, -0.2) is 23.7 Å². The molecule has 2 N–H and O–H groups in total. The Morgan fingerprint density at radius 3 is 2.43 bits per heavy atom. The second kappa shape index (κ2) is 6.94. The molecule has 4 heteroatoms. The summed E-state index contributed by atoms with van der Waals surface area (Å²) in [5.74, 6) is -0.0291. The average molecular weight is 291 g/mol. The number of carbonyl (C=O) groups excluding carboxylic acids is 1. The molecule has 0 radical (unpaired) electrons. The molecule has 1 aromatic rings. The molecule has 116 valence electrons. The Morgan fingerprint density at radius 1 is 1.29 bits per heavy atom. The summed E-state index contributed by atoms with van der Waals surface area (Å²) in [6, 6.07) is 7.20. The molecule has 1 atom stereocenters. The number of ether oxygens (including phenoxy) is 1. The number of hydrogen-bond donors (Lipinski definition) is 2. The van der Waals surface area contributed by atoms with Gasteiger partial charge in [0.25, 0.3) is 0 Å². The van der Waals surface area contributed by atoms with Crippen molar-refractivity contribution in [2.45, 2.75) is 57.5 Å². The summed E-state index contributed by atoms with van der Waals surface area (Å²) in [6.07, 6.45) is 5.22. The van der Waals surface area contributed by atoms with E-state index in [1.165, 1.54) is 12.8 Å². The van der Waals surface area contributed by atoms with Crippen LogP contribution in [0.2, 0.25) is 0 Å². The normalized spacial score (nSPS) is 18.4. The number of phenols is 1. The monoisotopic (exact) mass is 291 g/mol. The van der Waals surface area contributed by atoms with Gasteiger partial charge in [0, 0.05) is 6.04 Å². The smallest absolute Gasteiger partial charge is 0.330 e. The maximum Gasteiger partial charge on any atom is 0.330 e. The summed E-state index contributed by atoms with van der Waals surface area (Å²) in [6.45, 7) is 4.18. The van der Waals surface area contributed by atoms with Crippen LogP contribution in [0.15, 0.2) is 24.3 Å². The highest BCUT2D eigenvalue weighted by atomic mass is 16.5. The Morgan fingerprint density at radius 2 is 1.90 bits per heavy atom. The van der Waals surface area contributed by atoms with E-state index < -0.39 is 5.54 Å². The highest BCUT2D eigenvalue weighted by Gasteiger charge is 2.42. The third-order valence-corrected chi connectivity index (χ3v) is 4.32. The first-order valence-corrected chi connectivity index (χ1v) is 7.86. The van der Waals surface area contributed by atoms with Crippen molar-refractivity contribution in [2.24, 2.45) is 0 Å². The molecule has 1 unspecified atom stereocenters. The van der Waals surface area contributed by atoms with Crippen LogP contribution >= 0.6 is 0 Å². The first-order chi connectivity index (χ1) is 10.1. The zero-order valence-electron chi connectivity index (χ0n) is 12.9. The summed E-state index contributed by atoms with van der Waals surface area (Å²) in [7, 11) is 0. The van der Waals surface area contributed by atoms with Crippen molar-refractivity contribution >= 4 is 5.97 Å². The summed E-state index contributed by atoms with van der Waals surface area (Å²) < 4.78 is 5.33. The summed E-state index contributed by atoms with van der Waals surface area (Å²) in [4.78, 5) is 12.6. The number of esters is 1. The van der Waals surface area contributed by atoms with E-state index in [0.29, 0.717) is 19.1 Å². The Balaban J connectivity index is 2.34. The van der Waals surface area contributed by atoms with Gasteiger partial charge in [-0.3, -0.25) is 5.32 Å². The van der Waals surface area contributed by atoms with E-state index in [4.69, 9.17) is 4.74 Å². The number of rotatable bonds is 6. The Labute approximate surface area is 126 Å². The topological polar surface area (TPSA) is 58.6 Å². The van der Waals surface area contributed by atoms with Gasteiger partial charge in [-0.2, -0.15) is 0 Å². The first-order valence-electron chi connectivity index (χ1n) is 7.86. The summed E-state index contributed by atoms with van der Waals surface area (Å²) in [5, 5.41) is 13.0. The predicted molar refractivity (Wildman–Crippen MR) is 82.1 cm³/mol. The lowest BCUT2D eigenvalue weighted by Gasteiger charge is -2.35. The molecule has 0 amide bonds. The van der Waals surface area contributed by atoms with E-state index in [9.17, 15) is 9.90 Å². The molecule has 0 aliphatic heterocycles. The van der Waals surface area contributed by atoms with E-state index in [-0.39, 0.29) is 11.7 Å². The number of benzene rings is 1. The van der Waals surface area contributed by atoms with Gasteiger partial charge in [-0.25, -0.2) is 4.79 Å². The van der Waals surface area contributed by atoms with Crippen LogP contribution in [0.4, 0.5) is 0 Å². The highest BCUT2D eigenvalue weighted by molar-refractivity contribution is 5.82. The zero-order valence-corrected chi connectivity index (χ0v) is 12.9. The first kappa shape index (κ1) is 15.8. The maximum atomic E-state index is 12.6. The fraction of sp³-hybridized carbons (Fsp3) is 0.588. The van der Waals surface area contributed by atoms with E-state index in [0.717, 1.165) is 18.4 Å². The van der Waals surface area contributed by atoms with Gasteiger partial charge in [0.1, 0.15) is 11.3 Å². The second-order valence-corrected chi connectivity index (χ2v) is 5.65. The Bertz CT molecular complexity index is 465. The van der Waals surface area contributed by atoms with Gasteiger partial charge in [0.2, 0.25) is 0 Å². The zero-order chi connectivity index (χ0) is 15.3. The Kier molecular flexibility index (Phi) is 5.23. The minimum Gasteiger partial charge on any atom is -0.508 e. The van der Waals surface area contributed by atoms with Crippen molar-refractivity contribution in [1.29, 1.82) is 0 Å². The van der Waals surface area contributed by atoms with E-state index in [1.54, 1.807) is 24.3 Å². The SMILES string of the molecule is CCOC(=O)C(CC)(NC1CCCC1)c1ccc(O)cc1. The minimum absolute atomic E-state index is 0.202. The molecule has 1 fully saturated rings. The van der Waals surface area contributed by atoms with E-state index >= 15 is 0 Å². The van der Waals surface area contributed by atoms with Crippen molar-refractivity contribution in [3.05, 3.63) is 29.8 Å². The lowest BCUT2D eigenvalue weighted by Crippen LogP contribution is -2.53. The van der Waals surface area contributed by atoms with Crippen molar-refractivity contribution in [2.75, 3.05) is 6.61 Å². The highest BCUT2D eigenvalue weighted by Crippen LogP contribution is 2.31. The lowest BCUT2D eigenvalue weighted by molar-refractivity contribution is -0.152. The molecule has 1 aliphatic rings. The molecule has 21 heavy (non-hydrogen) atoms. The predicted octanol–water partition coefficient (Wildman–Crippen LogP) is 3.09. The van der Waals surface area contributed by atoms with E-state index in [2.05, 4.69) is 5.32 Å². The van der Waals surface area contributed by atoms with Crippen LogP contribution in [0.25, 0.3) is 0 Å². The van der Waals surface area contributed by atoms with Crippen molar-refractivity contribution in [3.8, 4) is 5.75 Å². The third-order valence-electron chi connectivity index (χ3n) is 4.32. The number of aromatic hydroxyl groups is 1. The molecule has 0 spiro atoms. The molecule has 0 heterocycles. The molecular formula is C17H25NO3. The maximum absolute atomic E-state index is 12.6. The number of hydrogen-bond acceptors (Lipinski definition) is 4. The van der Waals surface area contributed by atoms with Gasteiger partial charge in [0.15, 0.2) is 0 Å². The number of carbonyl (C=O) groups is 1. The van der Waals surface area contributed by atoms with Crippen LogP contribution in [0, 0.1) is 0 Å². The molecule has 1 aliphatic carbocycles. The molecule has 0 aromatic heterocycles. The van der Waals surface area contributed by atoms with E-state index in [1.807, 2.05) is 13.8 Å². The van der Waals surface area contributed by atoms with Crippen LogP contribution in [0.3, 0.4) is 0 Å². The van der Waals surface area contributed by atoms with Gasteiger partial charge in [-0.15, -0.1) is 0 Å². The quantitative estimate of drug-likeness (QED) is 0.791. The number of phenolic OH excluding ortho intramolecular Hbond substituents is 1. The minimum atomic E-state index is -0.821. The third kappa shape index (κ3) is 3.38. The average Bonchev–Trinajstić information content (AvgIpc) is 2.99. The van der Waals surface area contributed by atoms with Gasteiger partial charge in [-0.1, -0.05) is 31.9 Å². The lowest BCUT2D eigenvalue weighted by atomic mass is 9.86. The van der Waals surface area contributed by atoms with Gasteiger partial charge < -0.3 is 9.84 Å². The van der Waals surface area contributed by atoms with Crippen LogP contribution in [-0.2, 0) is 15.1 Å². The number of nitrogens with one attached hydrogen (secondary N) is 1. The molecule has 0 bridgehead atoms. The molecular weight excluding hydrogens is 266 g/mol. The molecule has 0 saturated heterocycles. The standard InChI is InChI=1S/C17H25NO3/c1-3-17(16(20)21-4-2,18-14-7-5-6-8-14)13-9-11-15(19)12-10-13/h9-12,14,18-19H,3-8H2,1-2H3. The van der Waals surface area contributed by atoms with Crippen molar-refractivity contribution in [3.63, 3.8) is 0 Å². The van der Waals surface area contributed by atoms with Crippen molar-refractivity contribution < 1.29 is 14.6 Å². The van der Waals surface area contributed by atoms with Gasteiger partial charge in [-0.05, 0) is 43.9 Å². The summed E-state index contributed by atoms with van der Waals surface area (Å²) in [5.41, 5.74) is 0.0341. The fourth-order valence-electron chi connectivity index (χ4n) is 3.13. The molecule has 1 saturated carbocycles. The summed E-state index contributed by atoms with van der Waals surface area (Å²) >= 11 is 0. The molecule has 4 nitrogen and oxygen atoms in total. The molecule has 1 aromatic carbocycles. The van der Waals surface area contributed by atoms with Crippen LogP contribution in [0.1, 0.15) is 51.5 Å². The van der Waals surface area contributed by atoms with Gasteiger partial charge in [0.05, 0.1) is 6.61 Å². The van der Waals surface area contributed by atoms with Crippen LogP contribution in [0.5, 0.6) is 5.75 Å². The van der Waals surface area contributed by atoms with Crippen molar-refractivity contribution in [1.82, 2.24) is 5.32 Å². The second-order valence-electron chi connectivity index (χ2n) is 5.65. The fourth-order valence-corrected chi connectivity index (χ4v) is 3.13. The largest absolute Gasteiger partial charge is 0.508 e. The van der Waals surface area contributed by atoms with Gasteiger partial charge >= 0.3 is 5.97 Å². The molecule has 2 rings (SSSR count). The van der Waals surface area contributed by atoms with Crippen LogP contribution < -0.4 is 5.32 Å².